The maximum atomic E-state index is 8.68. The summed E-state index contributed by atoms with van der Waals surface area (Å²) in [4.78, 5) is 1.31. The van der Waals surface area contributed by atoms with Crippen LogP contribution < -0.4 is 5.73 Å². The molecule has 1 rings (SSSR count). The summed E-state index contributed by atoms with van der Waals surface area (Å²) in [6.07, 6.45) is 0.841. The summed E-state index contributed by atoms with van der Waals surface area (Å²) in [5.41, 5.74) is 5.70. The molecule has 1 unspecified atom stereocenters. The Hall–Kier alpha value is 0.450. The second-order valence-electron chi connectivity index (χ2n) is 2.84. The summed E-state index contributed by atoms with van der Waals surface area (Å²) in [5.74, 6) is 0.966. The van der Waals surface area contributed by atoms with E-state index in [1.165, 1.54) is 4.88 Å². The van der Waals surface area contributed by atoms with Gasteiger partial charge in [-0.25, -0.2) is 0 Å². The fourth-order valence-electron chi connectivity index (χ4n) is 1.05. The quantitative estimate of drug-likeness (QED) is 0.793. The summed E-state index contributed by atoms with van der Waals surface area (Å²) in [5, 5.41) is 11.1. The van der Waals surface area contributed by atoms with E-state index in [1.807, 2.05) is 11.8 Å². The second-order valence-corrected chi connectivity index (χ2v) is 6.01. The Morgan fingerprint density at radius 1 is 1.64 bits per heavy atom. The van der Waals surface area contributed by atoms with Crippen molar-refractivity contribution >= 4 is 39.0 Å². The minimum absolute atomic E-state index is 0.262. The van der Waals surface area contributed by atoms with Gasteiger partial charge in [0.1, 0.15) is 0 Å². The average molecular weight is 296 g/mol. The van der Waals surface area contributed by atoms with Gasteiger partial charge in [-0.3, -0.25) is 0 Å². The number of thioether (sulfide) groups is 1. The molecule has 0 aliphatic carbocycles. The van der Waals surface area contributed by atoms with Gasteiger partial charge in [-0.05, 0) is 34.2 Å². The number of hydrogen-bond donors (Lipinski definition) is 2. The lowest BCUT2D eigenvalue weighted by molar-refractivity contribution is 0.296. The highest BCUT2D eigenvalue weighted by Gasteiger charge is 2.11. The van der Waals surface area contributed by atoms with E-state index < -0.39 is 0 Å². The van der Waals surface area contributed by atoms with E-state index in [0.717, 1.165) is 16.6 Å². The SMILES string of the molecule is NCC(SCCCO)c1cc(Br)cs1. The van der Waals surface area contributed by atoms with Gasteiger partial charge in [0.15, 0.2) is 0 Å². The molecule has 2 nitrogen and oxygen atoms in total. The van der Waals surface area contributed by atoms with Crippen LogP contribution in [0.15, 0.2) is 15.9 Å². The summed E-state index contributed by atoms with van der Waals surface area (Å²) in [7, 11) is 0. The molecule has 0 fully saturated rings. The van der Waals surface area contributed by atoms with Crippen molar-refractivity contribution in [3.8, 4) is 0 Å². The van der Waals surface area contributed by atoms with Crippen LogP contribution in [0, 0.1) is 0 Å². The molecular formula is C9H14BrNOS2. The first kappa shape index (κ1) is 12.5. The van der Waals surface area contributed by atoms with E-state index in [0.29, 0.717) is 11.8 Å². The second kappa shape index (κ2) is 6.85. The van der Waals surface area contributed by atoms with Crippen LogP contribution in [-0.2, 0) is 0 Å². The third kappa shape index (κ3) is 3.90. The van der Waals surface area contributed by atoms with Crippen molar-refractivity contribution in [2.24, 2.45) is 5.73 Å². The van der Waals surface area contributed by atoms with Gasteiger partial charge in [0.2, 0.25) is 0 Å². The lowest BCUT2D eigenvalue weighted by Crippen LogP contribution is -2.08. The van der Waals surface area contributed by atoms with Crippen molar-refractivity contribution in [2.45, 2.75) is 11.7 Å². The zero-order chi connectivity index (χ0) is 10.4. The minimum Gasteiger partial charge on any atom is -0.396 e. The van der Waals surface area contributed by atoms with E-state index >= 15 is 0 Å². The average Bonchev–Trinajstić information content (AvgIpc) is 2.60. The van der Waals surface area contributed by atoms with E-state index in [1.54, 1.807) is 11.3 Å². The summed E-state index contributed by atoms with van der Waals surface area (Å²) in [6.45, 7) is 0.918. The predicted molar refractivity (Wildman–Crippen MR) is 68.0 cm³/mol. The van der Waals surface area contributed by atoms with Gasteiger partial charge in [-0.2, -0.15) is 11.8 Å². The molecule has 0 saturated heterocycles. The molecule has 0 aliphatic heterocycles. The van der Waals surface area contributed by atoms with Crippen molar-refractivity contribution in [3.05, 3.63) is 20.8 Å². The third-order valence-electron chi connectivity index (χ3n) is 1.74. The zero-order valence-corrected chi connectivity index (χ0v) is 11.0. The molecule has 0 amide bonds. The third-order valence-corrected chi connectivity index (χ3v) is 5.07. The lowest BCUT2D eigenvalue weighted by Gasteiger charge is -2.11. The van der Waals surface area contributed by atoms with E-state index in [4.69, 9.17) is 10.8 Å². The monoisotopic (exact) mass is 295 g/mol. The highest BCUT2D eigenvalue weighted by Crippen LogP contribution is 2.34. The van der Waals surface area contributed by atoms with Crippen LogP contribution in [0.5, 0.6) is 0 Å². The molecule has 1 aromatic rings. The molecule has 0 aliphatic rings. The molecule has 0 bridgehead atoms. The smallest absolute Gasteiger partial charge is 0.0513 e. The Labute approximate surface area is 101 Å². The number of halogens is 1. The Kier molecular flexibility index (Phi) is 6.12. The largest absolute Gasteiger partial charge is 0.396 e. The van der Waals surface area contributed by atoms with Gasteiger partial charge in [0.05, 0.1) is 5.25 Å². The molecule has 1 atom stereocenters. The molecule has 0 saturated carbocycles. The first-order valence-corrected chi connectivity index (χ1v) is 7.16. The fraction of sp³-hybridized carbons (Fsp3) is 0.556. The van der Waals surface area contributed by atoms with Gasteiger partial charge in [-0.1, -0.05) is 0 Å². The van der Waals surface area contributed by atoms with Crippen molar-refractivity contribution in [1.29, 1.82) is 0 Å². The van der Waals surface area contributed by atoms with Gasteiger partial charge >= 0.3 is 0 Å². The molecule has 5 heteroatoms. The number of aliphatic hydroxyl groups excluding tert-OH is 1. The van der Waals surface area contributed by atoms with Crippen molar-refractivity contribution in [2.75, 3.05) is 18.9 Å². The normalized spacial score (nSPS) is 13.1. The molecular weight excluding hydrogens is 282 g/mol. The molecule has 0 radical (unpaired) electrons. The minimum atomic E-state index is 0.262. The lowest BCUT2D eigenvalue weighted by atomic mass is 10.3. The van der Waals surface area contributed by atoms with Crippen molar-refractivity contribution in [3.63, 3.8) is 0 Å². The molecule has 0 spiro atoms. The van der Waals surface area contributed by atoms with Crippen molar-refractivity contribution in [1.82, 2.24) is 0 Å². The standard InChI is InChI=1S/C9H14BrNOS2/c10-7-4-8(14-6-7)9(5-11)13-3-1-2-12/h4,6,9,12H,1-3,5,11H2. The van der Waals surface area contributed by atoms with Crippen LogP contribution in [0.1, 0.15) is 16.5 Å². The summed E-state index contributed by atoms with van der Waals surface area (Å²) < 4.78 is 1.12. The highest BCUT2D eigenvalue weighted by molar-refractivity contribution is 9.10. The maximum absolute atomic E-state index is 8.68. The Morgan fingerprint density at radius 2 is 2.43 bits per heavy atom. The molecule has 14 heavy (non-hydrogen) atoms. The molecule has 3 N–H and O–H groups in total. The van der Waals surface area contributed by atoms with E-state index in [-0.39, 0.29) is 6.61 Å². The van der Waals surface area contributed by atoms with Crippen LogP contribution >= 0.6 is 39.0 Å². The Morgan fingerprint density at radius 3 is 2.93 bits per heavy atom. The highest BCUT2D eigenvalue weighted by atomic mass is 79.9. The topological polar surface area (TPSA) is 46.2 Å². The number of hydrogen-bond acceptors (Lipinski definition) is 4. The molecule has 0 aromatic carbocycles. The predicted octanol–water partition coefficient (Wildman–Crippen LogP) is 2.63. The first-order valence-electron chi connectivity index (χ1n) is 4.44. The maximum Gasteiger partial charge on any atom is 0.0513 e. The van der Waals surface area contributed by atoms with Crippen LogP contribution in [0.2, 0.25) is 0 Å². The Balaban J connectivity index is 2.45. The molecule has 1 heterocycles. The van der Waals surface area contributed by atoms with Gasteiger partial charge in [0, 0.05) is 27.9 Å². The molecule has 80 valence electrons. The van der Waals surface area contributed by atoms with Crippen LogP contribution in [0.3, 0.4) is 0 Å². The Bertz CT molecular complexity index is 267. The number of nitrogens with two attached hydrogens (primary N) is 1. The number of aliphatic hydroxyl groups is 1. The van der Waals surface area contributed by atoms with Crippen LogP contribution in [0.25, 0.3) is 0 Å². The van der Waals surface area contributed by atoms with Gasteiger partial charge < -0.3 is 10.8 Å². The van der Waals surface area contributed by atoms with Gasteiger partial charge in [-0.15, -0.1) is 11.3 Å². The van der Waals surface area contributed by atoms with E-state index in [2.05, 4.69) is 27.4 Å². The van der Waals surface area contributed by atoms with Crippen molar-refractivity contribution < 1.29 is 5.11 Å². The van der Waals surface area contributed by atoms with Crippen LogP contribution in [-0.4, -0.2) is 24.0 Å². The number of rotatable bonds is 6. The molecule has 1 aromatic heterocycles. The van der Waals surface area contributed by atoms with Gasteiger partial charge in [0.25, 0.3) is 0 Å². The number of thiophene rings is 1. The van der Waals surface area contributed by atoms with Crippen LogP contribution in [0.4, 0.5) is 0 Å². The first-order chi connectivity index (χ1) is 6.77. The summed E-state index contributed by atoms with van der Waals surface area (Å²) in [6, 6.07) is 2.12. The zero-order valence-electron chi connectivity index (χ0n) is 7.78. The fourth-order valence-corrected chi connectivity index (χ4v) is 3.81. The summed E-state index contributed by atoms with van der Waals surface area (Å²) >= 11 is 6.98. The van der Waals surface area contributed by atoms with E-state index in [9.17, 15) is 0 Å².